The second kappa shape index (κ2) is 8.63. The van der Waals surface area contributed by atoms with Crippen molar-refractivity contribution >= 4 is 29.2 Å². The van der Waals surface area contributed by atoms with Crippen molar-refractivity contribution in [2.24, 2.45) is 0 Å². The molecule has 0 radical (unpaired) electrons. The van der Waals surface area contributed by atoms with E-state index in [2.05, 4.69) is 10.1 Å². The van der Waals surface area contributed by atoms with Crippen molar-refractivity contribution in [2.75, 3.05) is 23.9 Å². The average molecular weight is 340 g/mol. The van der Waals surface area contributed by atoms with Gasteiger partial charge in [0.15, 0.2) is 0 Å². The van der Waals surface area contributed by atoms with Crippen LogP contribution in [0.25, 0.3) is 0 Å². The Kier molecular flexibility index (Phi) is 6.28. The van der Waals surface area contributed by atoms with Crippen LogP contribution in [0.5, 0.6) is 0 Å². The van der Waals surface area contributed by atoms with Gasteiger partial charge in [0.2, 0.25) is 5.91 Å². The summed E-state index contributed by atoms with van der Waals surface area (Å²) >= 11 is 0. The van der Waals surface area contributed by atoms with E-state index in [1.807, 2.05) is 37.3 Å². The summed E-state index contributed by atoms with van der Waals surface area (Å²) < 4.78 is 4.45. The Morgan fingerprint density at radius 2 is 1.76 bits per heavy atom. The van der Waals surface area contributed by atoms with Crippen LogP contribution in [-0.4, -0.2) is 31.4 Å². The predicted molar refractivity (Wildman–Crippen MR) is 95.5 cm³/mol. The highest BCUT2D eigenvalue weighted by molar-refractivity contribution is 6.07. The van der Waals surface area contributed by atoms with E-state index in [9.17, 15) is 14.4 Å². The number of benzene rings is 2. The second-order valence-electron chi connectivity index (χ2n) is 5.27. The molecule has 0 saturated heterocycles. The normalized spacial score (nSPS) is 10.0. The zero-order chi connectivity index (χ0) is 18.2. The molecule has 0 aliphatic carbocycles. The van der Waals surface area contributed by atoms with Crippen LogP contribution in [0.15, 0.2) is 54.6 Å². The third-order valence-electron chi connectivity index (χ3n) is 3.56. The number of nitrogens with zero attached hydrogens (tertiary/aromatic N) is 1. The minimum absolute atomic E-state index is 0.169. The molecule has 2 aromatic rings. The second-order valence-corrected chi connectivity index (χ2v) is 5.27. The Bertz CT molecular complexity index is 759. The van der Waals surface area contributed by atoms with Crippen LogP contribution >= 0.6 is 0 Å². The van der Waals surface area contributed by atoms with Gasteiger partial charge in [0.05, 0.1) is 7.11 Å². The lowest BCUT2D eigenvalue weighted by atomic mass is 10.1. The fourth-order valence-electron chi connectivity index (χ4n) is 2.35. The van der Waals surface area contributed by atoms with Crippen molar-refractivity contribution in [3.05, 3.63) is 60.2 Å². The van der Waals surface area contributed by atoms with Crippen molar-refractivity contribution in [2.45, 2.75) is 13.3 Å². The zero-order valence-electron chi connectivity index (χ0n) is 14.2. The van der Waals surface area contributed by atoms with E-state index in [1.165, 1.54) is 7.11 Å². The molecule has 6 heteroatoms. The van der Waals surface area contributed by atoms with Gasteiger partial charge >= 0.3 is 5.97 Å². The minimum Gasteiger partial charge on any atom is -0.469 e. The first-order chi connectivity index (χ1) is 12.0. The standard InChI is InChI=1S/C19H20N2O4/c1-3-21(16-10-5-4-6-11-16)19(24)14-8-7-9-15(12-14)20-17(22)13-18(23)25-2/h4-12H,3,13H2,1-2H3,(H,20,22). The monoisotopic (exact) mass is 340 g/mol. The van der Waals surface area contributed by atoms with Crippen LogP contribution in [0.4, 0.5) is 11.4 Å². The summed E-state index contributed by atoms with van der Waals surface area (Å²) in [6, 6.07) is 16.0. The zero-order valence-corrected chi connectivity index (χ0v) is 14.2. The highest BCUT2D eigenvalue weighted by Crippen LogP contribution is 2.18. The molecular weight excluding hydrogens is 320 g/mol. The molecule has 0 aliphatic rings. The first kappa shape index (κ1) is 18.2. The molecular formula is C19H20N2O4. The Morgan fingerprint density at radius 3 is 2.40 bits per heavy atom. The Hall–Kier alpha value is -3.15. The summed E-state index contributed by atoms with van der Waals surface area (Å²) in [5.74, 6) is -1.28. The molecule has 0 unspecified atom stereocenters. The lowest BCUT2D eigenvalue weighted by Crippen LogP contribution is -2.30. The average Bonchev–Trinajstić information content (AvgIpc) is 2.63. The van der Waals surface area contributed by atoms with Crippen molar-refractivity contribution in [1.29, 1.82) is 0 Å². The molecule has 0 heterocycles. The maximum Gasteiger partial charge on any atom is 0.315 e. The van der Waals surface area contributed by atoms with E-state index >= 15 is 0 Å². The molecule has 0 atom stereocenters. The van der Waals surface area contributed by atoms with Gasteiger partial charge in [-0.1, -0.05) is 24.3 Å². The van der Waals surface area contributed by atoms with E-state index < -0.39 is 11.9 Å². The molecule has 130 valence electrons. The number of esters is 1. The fourth-order valence-corrected chi connectivity index (χ4v) is 2.35. The lowest BCUT2D eigenvalue weighted by molar-refractivity contribution is -0.142. The predicted octanol–water partition coefficient (Wildman–Crippen LogP) is 2.85. The summed E-state index contributed by atoms with van der Waals surface area (Å²) in [5.41, 5.74) is 1.69. The number of rotatable bonds is 6. The lowest BCUT2D eigenvalue weighted by Gasteiger charge is -2.21. The Labute approximate surface area is 146 Å². The van der Waals surface area contributed by atoms with Crippen LogP contribution in [-0.2, 0) is 14.3 Å². The molecule has 0 aliphatic heterocycles. The summed E-state index contributed by atoms with van der Waals surface area (Å²) in [4.78, 5) is 37.3. The molecule has 2 amide bonds. The number of ether oxygens (including phenoxy) is 1. The van der Waals surface area contributed by atoms with Gasteiger partial charge in [-0.25, -0.2) is 0 Å². The number of para-hydroxylation sites is 1. The van der Waals surface area contributed by atoms with Crippen LogP contribution in [0, 0.1) is 0 Å². The van der Waals surface area contributed by atoms with Crippen LogP contribution in [0.1, 0.15) is 23.7 Å². The van der Waals surface area contributed by atoms with Crippen molar-refractivity contribution < 1.29 is 19.1 Å². The highest BCUT2D eigenvalue weighted by atomic mass is 16.5. The van der Waals surface area contributed by atoms with Crippen LogP contribution < -0.4 is 10.2 Å². The van der Waals surface area contributed by atoms with Gasteiger partial charge in [-0.05, 0) is 37.3 Å². The van der Waals surface area contributed by atoms with Gasteiger partial charge in [-0.3, -0.25) is 14.4 Å². The number of carbonyl (C=O) groups excluding carboxylic acids is 3. The molecule has 0 saturated carbocycles. The molecule has 0 aromatic heterocycles. The van der Waals surface area contributed by atoms with Gasteiger partial charge < -0.3 is 15.0 Å². The van der Waals surface area contributed by atoms with E-state index in [4.69, 9.17) is 0 Å². The number of methoxy groups -OCH3 is 1. The molecule has 1 N–H and O–H groups in total. The highest BCUT2D eigenvalue weighted by Gasteiger charge is 2.17. The Morgan fingerprint density at radius 1 is 1.04 bits per heavy atom. The maximum absolute atomic E-state index is 12.8. The number of anilines is 2. The molecule has 6 nitrogen and oxygen atoms in total. The van der Waals surface area contributed by atoms with Gasteiger partial charge in [0.1, 0.15) is 6.42 Å². The molecule has 25 heavy (non-hydrogen) atoms. The first-order valence-corrected chi connectivity index (χ1v) is 7.88. The van der Waals surface area contributed by atoms with Gasteiger partial charge in [0, 0.05) is 23.5 Å². The number of hydrogen-bond donors (Lipinski definition) is 1. The summed E-state index contributed by atoms with van der Waals surface area (Å²) in [5, 5.41) is 2.59. The third-order valence-corrected chi connectivity index (χ3v) is 3.56. The quantitative estimate of drug-likeness (QED) is 0.648. The minimum atomic E-state index is -0.619. The number of amides is 2. The molecule has 2 aromatic carbocycles. The first-order valence-electron chi connectivity index (χ1n) is 7.88. The van der Waals surface area contributed by atoms with E-state index in [0.717, 1.165) is 5.69 Å². The van der Waals surface area contributed by atoms with Crippen LogP contribution in [0.2, 0.25) is 0 Å². The van der Waals surface area contributed by atoms with E-state index in [0.29, 0.717) is 17.8 Å². The largest absolute Gasteiger partial charge is 0.469 e. The molecule has 0 spiro atoms. The summed E-state index contributed by atoms with van der Waals surface area (Å²) in [6.45, 7) is 2.41. The summed E-state index contributed by atoms with van der Waals surface area (Å²) in [7, 11) is 1.22. The van der Waals surface area contributed by atoms with Crippen molar-refractivity contribution in [1.82, 2.24) is 0 Å². The number of hydrogen-bond acceptors (Lipinski definition) is 4. The van der Waals surface area contributed by atoms with Gasteiger partial charge in [-0.2, -0.15) is 0 Å². The van der Waals surface area contributed by atoms with E-state index in [1.54, 1.807) is 29.2 Å². The smallest absolute Gasteiger partial charge is 0.315 e. The van der Waals surface area contributed by atoms with Crippen molar-refractivity contribution in [3.63, 3.8) is 0 Å². The maximum atomic E-state index is 12.8. The van der Waals surface area contributed by atoms with Crippen LogP contribution in [0.3, 0.4) is 0 Å². The number of carbonyl (C=O) groups is 3. The third kappa shape index (κ3) is 4.91. The van der Waals surface area contributed by atoms with Gasteiger partial charge in [0.25, 0.3) is 5.91 Å². The molecule has 0 bridgehead atoms. The number of nitrogens with one attached hydrogen (secondary N) is 1. The summed E-state index contributed by atoms with van der Waals surface area (Å²) in [6.07, 6.45) is -0.375. The van der Waals surface area contributed by atoms with E-state index in [-0.39, 0.29) is 12.3 Å². The van der Waals surface area contributed by atoms with Crippen molar-refractivity contribution in [3.8, 4) is 0 Å². The molecule has 0 fully saturated rings. The SMILES string of the molecule is CCN(C(=O)c1cccc(NC(=O)CC(=O)OC)c1)c1ccccc1. The molecule has 2 rings (SSSR count). The van der Waals surface area contributed by atoms with Gasteiger partial charge in [-0.15, -0.1) is 0 Å². The fraction of sp³-hybridized carbons (Fsp3) is 0.211. The topological polar surface area (TPSA) is 75.7 Å². The Balaban J connectivity index is 2.15.